The highest BCUT2D eigenvalue weighted by Gasteiger charge is 2.36. The van der Waals surface area contributed by atoms with Crippen LogP contribution in [0.2, 0.25) is 0 Å². The fraction of sp³-hybridized carbons (Fsp3) is 0.158. The summed E-state index contributed by atoms with van der Waals surface area (Å²) in [5, 5.41) is 27.2. The minimum atomic E-state index is -0.429. The Morgan fingerprint density at radius 3 is 2.82 bits per heavy atom. The molecular formula is C19H15N4O5+. The molecule has 0 saturated carbocycles. The first-order valence-electron chi connectivity index (χ1n) is 8.61. The van der Waals surface area contributed by atoms with Crippen LogP contribution in [0.15, 0.2) is 41.1 Å². The highest BCUT2D eigenvalue weighted by molar-refractivity contribution is 6.00. The average Bonchev–Trinajstić information content (AvgIpc) is 3.20. The normalized spacial score (nSPS) is 18.9. The summed E-state index contributed by atoms with van der Waals surface area (Å²) in [7, 11) is 0. The molecule has 3 aliphatic heterocycles. The van der Waals surface area contributed by atoms with Crippen LogP contribution in [0.4, 0.5) is 5.69 Å². The van der Waals surface area contributed by atoms with Gasteiger partial charge in [-0.1, -0.05) is 0 Å². The number of hydrogen-bond acceptors (Lipinski definition) is 7. The zero-order chi connectivity index (χ0) is 19.4. The first kappa shape index (κ1) is 16.3. The second-order valence-electron chi connectivity index (χ2n) is 6.59. The molecule has 9 heteroatoms. The standard InChI is InChI=1S/C19H15N4O5/c1-11-21(24)9-14-6-16-15(12-2-4-13(5-3-12)23(25)26)7-18-19(28-10-27-18)17(16)8-20-22(11)14/h2-9,11,24H,10H2,1H3/q+1. The molecule has 2 aromatic carbocycles. The first-order chi connectivity index (χ1) is 13.5. The molecule has 0 spiro atoms. The second-order valence-corrected chi connectivity index (χ2v) is 6.59. The van der Waals surface area contributed by atoms with Gasteiger partial charge >= 0.3 is 0 Å². The van der Waals surface area contributed by atoms with E-state index in [2.05, 4.69) is 5.10 Å². The number of non-ortho nitro benzene ring substituents is 1. The molecule has 0 bridgehead atoms. The maximum absolute atomic E-state index is 11.0. The van der Waals surface area contributed by atoms with Gasteiger partial charge in [-0.2, -0.15) is 10.1 Å². The van der Waals surface area contributed by atoms with Crippen molar-refractivity contribution < 1.29 is 24.3 Å². The van der Waals surface area contributed by atoms with Crippen LogP contribution in [0.3, 0.4) is 0 Å². The van der Waals surface area contributed by atoms with E-state index in [1.807, 2.05) is 19.1 Å². The Bertz CT molecular complexity index is 1100. The Labute approximate surface area is 159 Å². The molecule has 0 aliphatic carbocycles. The van der Waals surface area contributed by atoms with Gasteiger partial charge in [0.2, 0.25) is 13.0 Å². The number of nitro groups is 1. The van der Waals surface area contributed by atoms with Crippen LogP contribution in [0, 0.1) is 10.1 Å². The summed E-state index contributed by atoms with van der Waals surface area (Å²) in [5.74, 6) is 1.20. The van der Waals surface area contributed by atoms with Gasteiger partial charge < -0.3 is 9.47 Å². The highest BCUT2D eigenvalue weighted by atomic mass is 16.7. The zero-order valence-corrected chi connectivity index (χ0v) is 14.8. The molecule has 0 saturated heterocycles. The number of hydroxylamine groups is 1. The quantitative estimate of drug-likeness (QED) is 0.373. The van der Waals surface area contributed by atoms with Crippen LogP contribution in [-0.2, 0) is 0 Å². The number of nitro benzene ring substituents is 1. The monoisotopic (exact) mass is 379 g/mol. The summed E-state index contributed by atoms with van der Waals surface area (Å²) >= 11 is 0. The van der Waals surface area contributed by atoms with Crippen LogP contribution in [0.5, 0.6) is 11.5 Å². The lowest BCUT2D eigenvalue weighted by Gasteiger charge is -2.12. The molecule has 1 atom stereocenters. The van der Waals surface area contributed by atoms with Gasteiger partial charge in [-0.15, -0.1) is 0 Å². The fourth-order valence-electron chi connectivity index (χ4n) is 3.53. The summed E-state index contributed by atoms with van der Waals surface area (Å²) in [5.41, 5.74) is 3.95. The van der Waals surface area contributed by atoms with Gasteiger partial charge in [0.15, 0.2) is 11.5 Å². The molecule has 1 unspecified atom stereocenters. The fourth-order valence-corrected chi connectivity index (χ4v) is 3.53. The Kier molecular flexibility index (Phi) is 3.38. The van der Waals surface area contributed by atoms with E-state index in [-0.39, 0.29) is 18.6 Å². The largest absolute Gasteiger partial charge is 0.454 e. The highest BCUT2D eigenvalue weighted by Crippen LogP contribution is 2.44. The summed E-state index contributed by atoms with van der Waals surface area (Å²) in [4.78, 5) is 10.5. The number of hydrazone groups is 1. The number of fused-ring (bicyclic) bond motifs is 4. The first-order valence-corrected chi connectivity index (χ1v) is 8.61. The number of rotatable bonds is 2. The second kappa shape index (κ2) is 5.81. The van der Waals surface area contributed by atoms with E-state index in [1.165, 1.54) is 12.1 Å². The molecule has 5 rings (SSSR count). The van der Waals surface area contributed by atoms with E-state index in [9.17, 15) is 15.3 Å². The molecule has 0 radical (unpaired) electrons. The molecule has 0 fully saturated rings. The van der Waals surface area contributed by atoms with Gasteiger partial charge in [-0.3, -0.25) is 15.3 Å². The third-order valence-electron chi connectivity index (χ3n) is 5.00. The van der Waals surface area contributed by atoms with E-state index >= 15 is 0 Å². The maximum atomic E-state index is 11.0. The van der Waals surface area contributed by atoms with Crippen molar-refractivity contribution in [3.05, 3.63) is 57.3 Å². The minimum absolute atomic E-state index is 0.0237. The Morgan fingerprint density at radius 1 is 1.29 bits per heavy atom. The molecule has 28 heavy (non-hydrogen) atoms. The van der Waals surface area contributed by atoms with Crippen LogP contribution < -0.4 is 9.47 Å². The molecule has 140 valence electrons. The van der Waals surface area contributed by atoms with E-state index in [1.54, 1.807) is 29.6 Å². The molecule has 0 amide bonds. The molecule has 0 aromatic heterocycles. The van der Waals surface area contributed by atoms with Crippen LogP contribution >= 0.6 is 0 Å². The van der Waals surface area contributed by atoms with Crippen molar-refractivity contribution in [2.75, 3.05) is 6.79 Å². The predicted molar refractivity (Wildman–Crippen MR) is 99.6 cm³/mol. The summed E-state index contributed by atoms with van der Waals surface area (Å²) < 4.78 is 12.3. The van der Waals surface area contributed by atoms with Crippen molar-refractivity contribution in [3.8, 4) is 22.6 Å². The number of hydrogen-bond donors (Lipinski definition) is 1. The smallest absolute Gasteiger partial charge is 0.292 e. The lowest BCUT2D eigenvalue weighted by molar-refractivity contribution is -0.799. The van der Waals surface area contributed by atoms with Crippen molar-refractivity contribution in [3.63, 3.8) is 0 Å². The lowest BCUT2D eigenvalue weighted by Crippen LogP contribution is -2.28. The lowest BCUT2D eigenvalue weighted by atomic mass is 9.93. The minimum Gasteiger partial charge on any atom is -0.454 e. The Morgan fingerprint density at radius 2 is 2.07 bits per heavy atom. The van der Waals surface area contributed by atoms with Gasteiger partial charge in [0.25, 0.3) is 11.9 Å². The molecule has 9 nitrogen and oxygen atoms in total. The third-order valence-corrected chi connectivity index (χ3v) is 5.00. The zero-order valence-electron chi connectivity index (χ0n) is 14.8. The van der Waals surface area contributed by atoms with E-state index in [4.69, 9.17) is 9.47 Å². The van der Waals surface area contributed by atoms with Crippen LogP contribution in [-0.4, -0.2) is 45.3 Å². The van der Waals surface area contributed by atoms with Crippen molar-refractivity contribution in [2.24, 2.45) is 5.10 Å². The van der Waals surface area contributed by atoms with E-state index in [0.717, 1.165) is 27.0 Å². The average molecular weight is 379 g/mol. The van der Waals surface area contributed by atoms with Crippen molar-refractivity contribution in [1.82, 2.24) is 5.01 Å². The van der Waals surface area contributed by atoms with Gasteiger partial charge in [-0.05, 0) is 45.7 Å². The molecular weight excluding hydrogens is 364 g/mol. The van der Waals surface area contributed by atoms with Crippen LogP contribution in [0.25, 0.3) is 17.2 Å². The molecule has 2 aromatic rings. The van der Waals surface area contributed by atoms with Crippen LogP contribution in [0.1, 0.15) is 18.1 Å². The van der Waals surface area contributed by atoms with Gasteiger partial charge in [0.05, 0.1) is 11.1 Å². The predicted octanol–water partition coefficient (Wildman–Crippen LogP) is 2.81. The number of allylic oxidation sites excluding steroid dienone is 1. The van der Waals surface area contributed by atoms with Gasteiger partial charge in [-0.25, -0.2) is 0 Å². The topological polar surface area (TPSA) is 100 Å². The van der Waals surface area contributed by atoms with E-state index in [0.29, 0.717) is 17.2 Å². The third kappa shape index (κ3) is 2.33. The SMILES string of the molecule is CC1N2N=Cc3c(c(-c4ccc([N+](=O)[O-])cc4)cc4c3OCO4)C=C2C=[N+]1O. The van der Waals surface area contributed by atoms with Crippen molar-refractivity contribution in [2.45, 2.75) is 13.1 Å². The van der Waals surface area contributed by atoms with Gasteiger partial charge in [0.1, 0.15) is 5.70 Å². The number of ether oxygens (including phenoxy) is 2. The maximum Gasteiger partial charge on any atom is 0.292 e. The van der Waals surface area contributed by atoms with Crippen molar-refractivity contribution in [1.29, 1.82) is 0 Å². The molecule has 1 N–H and O–H groups in total. The Hall–Kier alpha value is -3.88. The molecule has 3 heterocycles. The van der Waals surface area contributed by atoms with E-state index < -0.39 is 4.92 Å². The van der Waals surface area contributed by atoms with Crippen molar-refractivity contribution >= 4 is 24.2 Å². The summed E-state index contributed by atoms with van der Waals surface area (Å²) in [6.45, 7) is 1.94. The van der Waals surface area contributed by atoms with Gasteiger partial charge in [0, 0.05) is 24.6 Å². The summed E-state index contributed by atoms with van der Waals surface area (Å²) in [6, 6.07) is 8.20. The number of benzene rings is 2. The number of nitrogens with zero attached hydrogens (tertiary/aromatic N) is 4. The summed E-state index contributed by atoms with van der Waals surface area (Å²) in [6.07, 6.45) is 4.85. The Balaban J connectivity index is 1.73. The molecule has 3 aliphatic rings.